The van der Waals surface area contributed by atoms with Crippen LogP contribution in [0.2, 0.25) is 5.02 Å². The fraction of sp³-hybridized carbons (Fsp3) is 0.444. The highest BCUT2D eigenvalue weighted by Crippen LogP contribution is 2.24. The molecule has 1 aromatic carbocycles. The van der Waals surface area contributed by atoms with Gasteiger partial charge in [-0.1, -0.05) is 23.7 Å². The third-order valence-electron chi connectivity index (χ3n) is 3.39. The van der Waals surface area contributed by atoms with Gasteiger partial charge in [0.2, 0.25) is 0 Å². The number of aliphatic imine (C=N–C) groups is 1. The molecule has 1 atom stereocenters. The molecule has 0 saturated heterocycles. The molecule has 150 valence electrons. The number of aromatic nitrogens is 1. The van der Waals surface area contributed by atoms with Gasteiger partial charge >= 0.3 is 0 Å². The van der Waals surface area contributed by atoms with Crippen LogP contribution in [0.15, 0.2) is 34.6 Å². The van der Waals surface area contributed by atoms with E-state index in [1.54, 1.807) is 11.3 Å². The van der Waals surface area contributed by atoms with Gasteiger partial charge in [0.05, 0.1) is 23.8 Å². The summed E-state index contributed by atoms with van der Waals surface area (Å²) in [7, 11) is 3.97. The summed E-state index contributed by atoms with van der Waals surface area (Å²) in [6.45, 7) is 5.94. The van der Waals surface area contributed by atoms with Crippen molar-refractivity contribution in [2.45, 2.75) is 26.5 Å². The van der Waals surface area contributed by atoms with Crippen LogP contribution in [0, 0.1) is 0 Å². The third-order valence-corrected chi connectivity index (χ3v) is 4.76. The zero-order valence-electron chi connectivity index (χ0n) is 16.0. The zero-order chi connectivity index (χ0) is 18.9. The van der Waals surface area contributed by atoms with Crippen LogP contribution in [0.1, 0.15) is 19.5 Å². The van der Waals surface area contributed by atoms with Gasteiger partial charge < -0.3 is 20.3 Å². The van der Waals surface area contributed by atoms with Gasteiger partial charge in [-0.05, 0) is 26.0 Å². The maximum absolute atomic E-state index is 6.13. The van der Waals surface area contributed by atoms with Gasteiger partial charge in [-0.2, -0.15) is 0 Å². The van der Waals surface area contributed by atoms with E-state index in [1.807, 2.05) is 62.5 Å². The van der Waals surface area contributed by atoms with Crippen molar-refractivity contribution in [2.75, 3.05) is 32.1 Å². The third kappa shape index (κ3) is 8.10. The second-order valence-corrected chi connectivity index (χ2v) is 7.19. The average molecular weight is 524 g/mol. The number of para-hydroxylation sites is 1. The number of ether oxygens (including phenoxy) is 1. The molecular formula is C18H27ClIN5OS. The van der Waals surface area contributed by atoms with Gasteiger partial charge in [-0.3, -0.25) is 0 Å². The summed E-state index contributed by atoms with van der Waals surface area (Å²) in [5, 5.41) is 10.2. The van der Waals surface area contributed by atoms with Crippen LogP contribution in [0.4, 0.5) is 5.13 Å². The first kappa shape index (κ1) is 23.8. The van der Waals surface area contributed by atoms with Crippen LogP contribution < -0.4 is 20.3 Å². The van der Waals surface area contributed by atoms with Crippen molar-refractivity contribution in [2.24, 2.45) is 4.99 Å². The fourth-order valence-electron chi connectivity index (χ4n) is 2.12. The zero-order valence-corrected chi connectivity index (χ0v) is 19.9. The Bertz CT molecular complexity index is 725. The predicted octanol–water partition coefficient (Wildman–Crippen LogP) is 4.00. The lowest BCUT2D eigenvalue weighted by Crippen LogP contribution is -2.41. The monoisotopic (exact) mass is 523 g/mol. The number of nitrogens with one attached hydrogen (secondary N) is 2. The largest absolute Gasteiger partial charge is 0.487 e. The van der Waals surface area contributed by atoms with E-state index in [0.29, 0.717) is 23.9 Å². The number of nitrogens with zero attached hydrogens (tertiary/aromatic N) is 3. The molecule has 9 heteroatoms. The van der Waals surface area contributed by atoms with Crippen LogP contribution in [0.25, 0.3) is 0 Å². The smallest absolute Gasteiger partial charge is 0.191 e. The molecule has 0 bridgehead atoms. The summed E-state index contributed by atoms with van der Waals surface area (Å²) in [6, 6.07) is 7.47. The fourth-order valence-corrected chi connectivity index (χ4v) is 3.04. The number of benzene rings is 1. The highest BCUT2D eigenvalue weighted by molar-refractivity contribution is 14.0. The van der Waals surface area contributed by atoms with E-state index in [0.717, 1.165) is 23.3 Å². The highest BCUT2D eigenvalue weighted by Gasteiger charge is 2.09. The quantitative estimate of drug-likeness (QED) is 0.311. The predicted molar refractivity (Wildman–Crippen MR) is 126 cm³/mol. The first-order chi connectivity index (χ1) is 12.5. The molecule has 1 aromatic heterocycles. The van der Waals surface area contributed by atoms with Crippen molar-refractivity contribution in [3.8, 4) is 5.75 Å². The number of hydrogen-bond donors (Lipinski definition) is 2. The molecule has 1 unspecified atom stereocenters. The second-order valence-electron chi connectivity index (χ2n) is 5.95. The number of hydrogen-bond acceptors (Lipinski definition) is 5. The van der Waals surface area contributed by atoms with Crippen LogP contribution in [0.5, 0.6) is 5.75 Å². The van der Waals surface area contributed by atoms with E-state index < -0.39 is 0 Å². The molecule has 0 spiro atoms. The molecular weight excluding hydrogens is 497 g/mol. The van der Waals surface area contributed by atoms with E-state index in [2.05, 4.69) is 20.6 Å². The van der Waals surface area contributed by atoms with Crippen molar-refractivity contribution in [1.82, 2.24) is 15.6 Å². The minimum absolute atomic E-state index is 0. The number of halogens is 2. The summed E-state index contributed by atoms with van der Waals surface area (Å²) >= 11 is 7.75. The molecule has 6 nitrogen and oxygen atoms in total. The summed E-state index contributed by atoms with van der Waals surface area (Å²) in [6.07, 6.45) is -0.0571. The van der Waals surface area contributed by atoms with Crippen molar-refractivity contribution >= 4 is 58.0 Å². The Labute approximate surface area is 187 Å². The molecule has 0 radical (unpaired) electrons. The number of thiazole rings is 1. The van der Waals surface area contributed by atoms with E-state index in [1.165, 1.54) is 0 Å². The number of guanidine groups is 1. The van der Waals surface area contributed by atoms with Gasteiger partial charge in [-0.15, -0.1) is 35.3 Å². The maximum Gasteiger partial charge on any atom is 0.191 e. The molecule has 1 heterocycles. The minimum Gasteiger partial charge on any atom is -0.487 e. The second kappa shape index (κ2) is 12.2. The van der Waals surface area contributed by atoms with E-state index in [4.69, 9.17) is 16.3 Å². The van der Waals surface area contributed by atoms with Gasteiger partial charge in [0.1, 0.15) is 11.9 Å². The molecule has 2 rings (SSSR count). The molecule has 0 amide bonds. The lowest BCUT2D eigenvalue weighted by molar-refractivity contribution is 0.224. The summed E-state index contributed by atoms with van der Waals surface area (Å²) in [5.41, 5.74) is 0.955. The maximum atomic E-state index is 6.13. The molecule has 0 fully saturated rings. The van der Waals surface area contributed by atoms with Crippen LogP contribution >= 0.6 is 46.9 Å². The topological polar surface area (TPSA) is 61.8 Å². The summed E-state index contributed by atoms with van der Waals surface area (Å²) in [5.74, 6) is 1.42. The normalized spacial score (nSPS) is 12.1. The van der Waals surface area contributed by atoms with Crippen LogP contribution in [-0.4, -0.2) is 44.2 Å². The van der Waals surface area contributed by atoms with Crippen LogP contribution in [-0.2, 0) is 6.54 Å². The van der Waals surface area contributed by atoms with E-state index in [9.17, 15) is 0 Å². The van der Waals surface area contributed by atoms with Gasteiger partial charge in [0, 0.05) is 26.0 Å². The summed E-state index contributed by atoms with van der Waals surface area (Å²) < 4.78 is 5.87. The van der Waals surface area contributed by atoms with Crippen molar-refractivity contribution in [3.05, 3.63) is 40.4 Å². The Hall–Kier alpha value is -1.26. The van der Waals surface area contributed by atoms with Crippen molar-refractivity contribution in [3.63, 3.8) is 0 Å². The molecule has 27 heavy (non-hydrogen) atoms. The standard InChI is InChI=1S/C18H26ClN5OS.HI/c1-5-20-17(22-11-14-12-26-18(23-14)24(3)4)21-10-13(2)25-16-9-7-6-8-15(16)19;/h6-9,12-13H,5,10-11H2,1-4H3,(H2,20,21,22);1H. The highest BCUT2D eigenvalue weighted by atomic mass is 127. The van der Waals surface area contributed by atoms with Gasteiger partial charge in [0.15, 0.2) is 11.1 Å². The average Bonchev–Trinajstić information content (AvgIpc) is 3.09. The van der Waals surface area contributed by atoms with E-state index >= 15 is 0 Å². The molecule has 0 aliphatic rings. The minimum atomic E-state index is -0.0571. The van der Waals surface area contributed by atoms with Gasteiger partial charge in [-0.25, -0.2) is 9.98 Å². The Morgan fingerprint density at radius 2 is 2.07 bits per heavy atom. The van der Waals surface area contributed by atoms with Crippen molar-refractivity contribution in [1.29, 1.82) is 0 Å². The van der Waals surface area contributed by atoms with Crippen molar-refractivity contribution < 1.29 is 4.74 Å². The molecule has 0 aliphatic heterocycles. The first-order valence-electron chi connectivity index (χ1n) is 8.54. The van der Waals surface area contributed by atoms with Gasteiger partial charge in [0.25, 0.3) is 0 Å². The molecule has 0 saturated carbocycles. The summed E-state index contributed by atoms with van der Waals surface area (Å²) in [4.78, 5) is 11.1. The molecule has 2 aromatic rings. The Morgan fingerprint density at radius 3 is 2.70 bits per heavy atom. The number of anilines is 1. The van der Waals surface area contributed by atoms with E-state index in [-0.39, 0.29) is 30.1 Å². The Balaban J connectivity index is 0.00000364. The molecule has 0 aliphatic carbocycles. The SMILES string of the molecule is CCNC(=NCc1csc(N(C)C)n1)NCC(C)Oc1ccccc1Cl.I. The lowest BCUT2D eigenvalue weighted by atomic mass is 10.3. The Morgan fingerprint density at radius 1 is 1.33 bits per heavy atom. The number of rotatable bonds is 8. The molecule has 2 N–H and O–H groups in total. The van der Waals surface area contributed by atoms with Crippen LogP contribution in [0.3, 0.4) is 0 Å². The Kier molecular flexibility index (Phi) is 10.8. The first-order valence-corrected chi connectivity index (χ1v) is 9.80. The lowest BCUT2D eigenvalue weighted by Gasteiger charge is -2.18.